The van der Waals surface area contributed by atoms with E-state index < -0.39 is 0 Å². The van der Waals surface area contributed by atoms with Gasteiger partial charge in [0, 0.05) is 43.7 Å². The van der Waals surface area contributed by atoms with Gasteiger partial charge in [0.25, 0.3) is 0 Å². The molecule has 1 N–H and O–H groups in total. The number of aryl methyl sites for hydroxylation is 1. The minimum atomic E-state index is 0.657. The van der Waals surface area contributed by atoms with Crippen molar-refractivity contribution in [1.82, 2.24) is 20.0 Å². The Balaban J connectivity index is 1.22. The molecule has 0 amide bonds. The van der Waals surface area contributed by atoms with E-state index in [9.17, 15) is 0 Å². The maximum atomic E-state index is 5.44. The fourth-order valence-electron chi connectivity index (χ4n) is 5.91. The summed E-state index contributed by atoms with van der Waals surface area (Å²) >= 11 is 0. The van der Waals surface area contributed by atoms with Crippen LogP contribution < -0.4 is 5.32 Å². The predicted molar refractivity (Wildman–Crippen MR) is 110 cm³/mol. The van der Waals surface area contributed by atoms with Gasteiger partial charge in [0.2, 0.25) is 0 Å². The molecule has 28 heavy (non-hydrogen) atoms. The summed E-state index contributed by atoms with van der Waals surface area (Å²) in [5.74, 6) is 3.19. The summed E-state index contributed by atoms with van der Waals surface area (Å²) in [6.45, 7) is 4.34. The van der Waals surface area contributed by atoms with Gasteiger partial charge in [-0.1, -0.05) is 19.3 Å². The molecule has 2 aromatic heterocycles. The van der Waals surface area contributed by atoms with E-state index in [0.29, 0.717) is 17.9 Å². The topological polar surface area (TPSA) is 46.2 Å². The van der Waals surface area contributed by atoms with Gasteiger partial charge >= 0.3 is 0 Å². The Morgan fingerprint density at radius 2 is 2.11 bits per heavy atom. The van der Waals surface area contributed by atoms with Crippen LogP contribution in [-0.2, 0) is 13.6 Å². The van der Waals surface area contributed by atoms with Gasteiger partial charge < -0.3 is 9.73 Å². The van der Waals surface area contributed by atoms with Crippen molar-refractivity contribution in [2.75, 3.05) is 19.6 Å². The number of fused-ring (bicyclic) bond motifs is 3. The lowest BCUT2D eigenvalue weighted by molar-refractivity contribution is 0.0280. The predicted octanol–water partition coefficient (Wildman–Crippen LogP) is 4.03. The van der Waals surface area contributed by atoms with Crippen LogP contribution in [0.4, 0.5) is 0 Å². The van der Waals surface area contributed by atoms with Gasteiger partial charge in [-0.3, -0.25) is 9.58 Å². The van der Waals surface area contributed by atoms with E-state index in [1.807, 2.05) is 12.1 Å². The summed E-state index contributed by atoms with van der Waals surface area (Å²) in [4.78, 5) is 2.72. The molecule has 1 aliphatic carbocycles. The fourth-order valence-corrected chi connectivity index (χ4v) is 5.91. The molecule has 6 rings (SSSR count). The lowest BCUT2D eigenvalue weighted by Gasteiger charge is -2.50. The van der Waals surface area contributed by atoms with Gasteiger partial charge in [0.15, 0.2) is 0 Å². The fraction of sp³-hybridized carbons (Fsp3) is 0.696. The van der Waals surface area contributed by atoms with Crippen LogP contribution in [0.1, 0.15) is 73.9 Å². The first-order valence-electron chi connectivity index (χ1n) is 11.3. The standard InChI is InChI=1S/C23H34N4O/c1-26-23(13-22(25-26)17-6-3-2-4-7-17)21-16-27-10-9-18(21)12-19(27)14-24-15-20-8-5-11-28-20/h5,8,11,13,17-19,21,24H,2-4,6-7,9-10,12,14-16H2,1H3. The van der Waals surface area contributed by atoms with Gasteiger partial charge in [0.1, 0.15) is 5.76 Å². The zero-order valence-electron chi connectivity index (χ0n) is 17.1. The summed E-state index contributed by atoms with van der Waals surface area (Å²) in [6, 6.07) is 7.13. The highest BCUT2D eigenvalue weighted by Gasteiger charge is 2.41. The van der Waals surface area contributed by atoms with E-state index in [0.717, 1.165) is 24.8 Å². The normalized spacial score (nSPS) is 30.8. The van der Waals surface area contributed by atoms with Crippen molar-refractivity contribution in [1.29, 1.82) is 0 Å². The van der Waals surface area contributed by atoms with Gasteiger partial charge in [0.05, 0.1) is 18.5 Å². The molecule has 4 fully saturated rings. The number of piperidine rings is 3. The van der Waals surface area contributed by atoms with Crippen molar-refractivity contribution in [3.05, 3.63) is 41.6 Å². The highest BCUT2D eigenvalue weighted by molar-refractivity contribution is 5.21. The van der Waals surface area contributed by atoms with Crippen molar-refractivity contribution in [2.24, 2.45) is 13.0 Å². The lowest BCUT2D eigenvalue weighted by Crippen LogP contribution is -2.55. The van der Waals surface area contributed by atoms with Crippen molar-refractivity contribution in [2.45, 2.75) is 69.4 Å². The first kappa shape index (κ1) is 18.4. The molecule has 5 heteroatoms. The molecule has 4 unspecified atom stereocenters. The second-order valence-electron chi connectivity index (χ2n) is 9.20. The van der Waals surface area contributed by atoms with E-state index in [-0.39, 0.29) is 0 Å². The van der Waals surface area contributed by atoms with Crippen LogP contribution in [0.15, 0.2) is 28.9 Å². The Bertz CT molecular complexity index is 762. The Hall–Kier alpha value is -1.59. The molecule has 3 saturated heterocycles. The molecule has 0 radical (unpaired) electrons. The number of nitrogens with one attached hydrogen (secondary N) is 1. The van der Waals surface area contributed by atoms with E-state index in [4.69, 9.17) is 9.52 Å². The van der Waals surface area contributed by atoms with Crippen LogP contribution in [0, 0.1) is 5.92 Å². The zero-order chi connectivity index (χ0) is 18.9. The molecule has 152 valence electrons. The molecule has 4 aliphatic rings. The smallest absolute Gasteiger partial charge is 0.117 e. The van der Waals surface area contributed by atoms with Crippen molar-refractivity contribution in [3.8, 4) is 0 Å². The van der Waals surface area contributed by atoms with E-state index >= 15 is 0 Å². The monoisotopic (exact) mass is 382 g/mol. The van der Waals surface area contributed by atoms with Crippen LogP contribution in [-0.4, -0.2) is 40.4 Å². The number of hydrogen-bond donors (Lipinski definition) is 1. The second-order valence-corrected chi connectivity index (χ2v) is 9.20. The molecule has 1 saturated carbocycles. The number of aromatic nitrogens is 2. The van der Waals surface area contributed by atoms with Crippen LogP contribution >= 0.6 is 0 Å². The summed E-state index contributed by atoms with van der Waals surface area (Å²) in [5.41, 5.74) is 2.85. The van der Waals surface area contributed by atoms with Crippen molar-refractivity contribution < 1.29 is 4.42 Å². The average Bonchev–Trinajstić information content (AvgIpc) is 3.39. The largest absolute Gasteiger partial charge is 0.468 e. The molecule has 3 aliphatic heterocycles. The summed E-state index contributed by atoms with van der Waals surface area (Å²) in [6.07, 6.45) is 11.2. The third-order valence-corrected chi connectivity index (χ3v) is 7.48. The third-order valence-electron chi connectivity index (χ3n) is 7.48. The van der Waals surface area contributed by atoms with Crippen molar-refractivity contribution in [3.63, 3.8) is 0 Å². The van der Waals surface area contributed by atoms with Crippen LogP contribution in [0.5, 0.6) is 0 Å². The first-order chi connectivity index (χ1) is 13.8. The molecule has 2 bridgehead atoms. The minimum Gasteiger partial charge on any atom is -0.468 e. The van der Waals surface area contributed by atoms with Gasteiger partial charge in [-0.25, -0.2) is 0 Å². The van der Waals surface area contributed by atoms with Crippen molar-refractivity contribution >= 4 is 0 Å². The summed E-state index contributed by atoms with van der Waals surface area (Å²) in [5, 5.41) is 8.57. The molecule has 5 nitrogen and oxygen atoms in total. The number of nitrogens with zero attached hydrogens (tertiary/aromatic N) is 3. The Labute approximate surface area is 168 Å². The average molecular weight is 383 g/mol. The Morgan fingerprint density at radius 3 is 2.86 bits per heavy atom. The quantitative estimate of drug-likeness (QED) is 0.819. The first-order valence-corrected chi connectivity index (χ1v) is 11.3. The zero-order valence-corrected chi connectivity index (χ0v) is 17.1. The number of hydrogen-bond acceptors (Lipinski definition) is 4. The lowest BCUT2D eigenvalue weighted by atomic mass is 9.74. The van der Waals surface area contributed by atoms with Crippen LogP contribution in [0.2, 0.25) is 0 Å². The third kappa shape index (κ3) is 3.67. The Kier molecular flexibility index (Phi) is 5.29. The second kappa shape index (κ2) is 8.03. The maximum absolute atomic E-state index is 5.44. The van der Waals surface area contributed by atoms with E-state index in [1.165, 1.54) is 69.4 Å². The minimum absolute atomic E-state index is 0.657. The van der Waals surface area contributed by atoms with Gasteiger partial charge in [-0.2, -0.15) is 5.10 Å². The molecule has 0 spiro atoms. The summed E-state index contributed by atoms with van der Waals surface area (Å²) in [7, 11) is 2.17. The van der Waals surface area contributed by atoms with Gasteiger partial charge in [-0.05, 0) is 56.3 Å². The van der Waals surface area contributed by atoms with E-state index in [1.54, 1.807) is 6.26 Å². The highest BCUT2D eigenvalue weighted by Crippen LogP contribution is 2.42. The van der Waals surface area contributed by atoms with Gasteiger partial charge in [-0.15, -0.1) is 0 Å². The molecule has 5 heterocycles. The van der Waals surface area contributed by atoms with Crippen LogP contribution in [0.25, 0.3) is 0 Å². The number of rotatable bonds is 6. The maximum Gasteiger partial charge on any atom is 0.117 e. The van der Waals surface area contributed by atoms with Crippen LogP contribution in [0.3, 0.4) is 0 Å². The van der Waals surface area contributed by atoms with E-state index in [2.05, 4.69) is 28.0 Å². The SMILES string of the molecule is Cn1nc(C2CCCCC2)cc1C1CN2CCC1CC2CNCc1ccco1. The molecule has 2 aromatic rings. The Morgan fingerprint density at radius 1 is 1.21 bits per heavy atom. The summed E-state index contributed by atoms with van der Waals surface area (Å²) < 4.78 is 7.65. The molecular weight excluding hydrogens is 348 g/mol. The molecule has 4 atom stereocenters. The number of furan rings is 1. The molecular formula is C23H34N4O. The highest BCUT2D eigenvalue weighted by atomic mass is 16.3. The molecule has 0 aromatic carbocycles.